The fraction of sp³-hybridized carbons (Fsp3) is 0.727. The smallest absolute Gasteiger partial charge is 0.309 e. The van der Waals surface area contributed by atoms with Gasteiger partial charge in [0.1, 0.15) is 0 Å². The molecule has 4 nitrogen and oxygen atoms in total. The Labute approximate surface area is 96.6 Å². The highest BCUT2D eigenvalue weighted by Crippen LogP contribution is 2.25. The van der Waals surface area contributed by atoms with Gasteiger partial charge < -0.3 is 4.74 Å². The van der Waals surface area contributed by atoms with Crippen molar-refractivity contribution in [1.29, 1.82) is 0 Å². The molecule has 1 aliphatic rings. The first-order valence-corrected chi connectivity index (χ1v) is 7.19. The summed E-state index contributed by atoms with van der Waals surface area (Å²) < 4.78 is 27.3. The van der Waals surface area contributed by atoms with Gasteiger partial charge in [0.15, 0.2) is 9.84 Å². The molecule has 0 aromatic rings. The average Bonchev–Trinajstić information content (AvgIpc) is 2.15. The molecule has 0 saturated carbocycles. The van der Waals surface area contributed by atoms with E-state index in [1.54, 1.807) is 0 Å². The highest BCUT2D eigenvalue weighted by molar-refractivity contribution is 7.91. The summed E-state index contributed by atoms with van der Waals surface area (Å²) in [5.41, 5.74) is 0.758. The Kier molecular flexibility index (Phi) is 4.53. The molecule has 0 aromatic carbocycles. The Bertz CT molecular complexity index is 369. The summed E-state index contributed by atoms with van der Waals surface area (Å²) in [5, 5.41) is 0. The lowest BCUT2D eigenvalue weighted by Crippen LogP contribution is -2.25. The van der Waals surface area contributed by atoms with Crippen LogP contribution in [0, 0.1) is 5.92 Å². The average molecular weight is 246 g/mol. The summed E-state index contributed by atoms with van der Waals surface area (Å²) in [6.45, 7) is 3.79. The summed E-state index contributed by atoms with van der Waals surface area (Å²) in [5.74, 6) is 0.333. The lowest BCUT2D eigenvalue weighted by atomic mass is 9.95. The number of rotatable bonds is 4. The Morgan fingerprint density at radius 2 is 2.19 bits per heavy atom. The molecule has 0 N–H and O–H groups in total. The summed E-state index contributed by atoms with van der Waals surface area (Å²) in [6.07, 6.45) is 2.42. The van der Waals surface area contributed by atoms with Crippen LogP contribution in [0.25, 0.3) is 0 Å². The van der Waals surface area contributed by atoms with Gasteiger partial charge in [-0.05, 0) is 25.2 Å². The van der Waals surface area contributed by atoms with Crippen molar-refractivity contribution in [1.82, 2.24) is 0 Å². The van der Waals surface area contributed by atoms with Crippen LogP contribution in [0.3, 0.4) is 0 Å². The second-order valence-electron chi connectivity index (χ2n) is 4.33. The predicted octanol–water partition coefficient (Wildman–Crippen LogP) is 1.32. The van der Waals surface area contributed by atoms with E-state index in [2.05, 4.69) is 11.3 Å². The minimum absolute atomic E-state index is 0.121. The van der Waals surface area contributed by atoms with Crippen molar-refractivity contribution in [3.05, 3.63) is 12.2 Å². The van der Waals surface area contributed by atoms with Gasteiger partial charge in [0.05, 0.1) is 25.0 Å². The van der Waals surface area contributed by atoms with Crippen molar-refractivity contribution in [2.24, 2.45) is 5.92 Å². The second-order valence-corrected chi connectivity index (χ2v) is 6.56. The lowest BCUT2D eigenvalue weighted by Gasteiger charge is -2.22. The van der Waals surface area contributed by atoms with E-state index in [1.165, 1.54) is 7.11 Å². The molecule has 1 fully saturated rings. The molecule has 0 spiro atoms. The van der Waals surface area contributed by atoms with Crippen LogP contribution in [0.1, 0.15) is 25.7 Å². The van der Waals surface area contributed by atoms with E-state index >= 15 is 0 Å². The van der Waals surface area contributed by atoms with Crippen molar-refractivity contribution < 1.29 is 17.9 Å². The number of esters is 1. The number of sulfone groups is 1. The molecular weight excluding hydrogens is 228 g/mol. The Morgan fingerprint density at radius 1 is 1.50 bits per heavy atom. The first-order chi connectivity index (χ1) is 7.43. The molecule has 0 aromatic heterocycles. The van der Waals surface area contributed by atoms with Gasteiger partial charge >= 0.3 is 5.97 Å². The first kappa shape index (κ1) is 13.2. The fourth-order valence-corrected chi connectivity index (χ4v) is 3.81. The van der Waals surface area contributed by atoms with E-state index in [0.717, 1.165) is 18.4 Å². The number of carbonyl (C=O) groups excluding carboxylic acids is 1. The number of hydrogen-bond donors (Lipinski definition) is 0. The highest BCUT2D eigenvalue weighted by atomic mass is 32.2. The summed E-state index contributed by atoms with van der Waals surface area (Å²) in [4.78, 5) is 11.0. The SMILES string of the molecule is C=C(CC(=O)OC)CC1CCCS(=O)(=O)C1. The molecule has 0 radical (unpaired) electrons. The molecule has 92 valence electrons. The summed E-state index contributed by atoms with van der Waals surface area (Å²) in [7, 11) is -1.53. The lowest BCUT2D eigenvalue weighted by molar-refractivity contribution is -0.139. The van der Waals surface area contributed by atoms with Gasteiger partial charge in [0, 0.05) is 0 Å². The molecule has 1 saturated heterocycles. The minimum atomic E-state index is -2.87. The monoisotopic (exact) mass is 246 g/mol. The number of carbonyl (C=O) groups is 1. The van der Waals surface area contributed by atoms with Crippen molar-refractivity contribution >= 4 is 15.8 Å². The second kappa shape index (κ2) is 5.48. The summed E-state index contributed by atoms with van der Waals surface area (Å²) in [6, 6.07) is 0. The van der Waals surface area contributed by atoms with Gasteiger partial charge in [-0.25, -0.2) is 8.42 Å². The standard InChI is InChI=1S/C11H18O4S/c1-9(7-11(12)15-2)6-10-4-3-5-16(13,14)8-10/h10H,1,3-8H2,2H3. The van der Waals surface area contributed by atoms with E-state index < -0.39 is 9.84 Å². The molecular formula is C11H18O4S. The van der Waals surface area contributed by atoms with E-state index in [4.69, 9.17) is 0 Å². The van der Waals surface area contributed by atoms with Crippen LogP contribution in [0.5, 0.6) is 0 Å². The maximum atomic E-state index is 11.4. The Balaban J connectivity index is 2.42. The zero-order valence-corrected chi connectivity index (χ0v) is 10.4. The third-order valence-corrected chi connectivity index (χ3v) is 4.65. The maximum Gasteiger partial charge on any atom is 0.309 e. The van der Waals surface area contributed by atoms with Crippen LogP contribution in [0.4, 0.5) is 0 Å². The number of hydrogen-bond acceptors (Lipinski definition) is 4. The maximum absolute atomic E-state index is 11.4. The van der Waals surface area contributed by atoms with E-state index in [-0.39, 0.29) is 24.1 Å². The van der Waals surface area contributed by atoms with E-state index in [9.17, 15) is 13.2 Å². The number of ether oxygens (including phenoxy) is 1. The van der Waals surface area contributed by atoms with Crippen molar-refractivity contribution in [3.8, 4) is 0 Å². The molecule has 1 unspecified atom stereocenters. The Morgan fingerprint density at radius 3 is 2.75 bits per heavy atom. The van der Waals surface area contributed by atoms with Gasteiger partial charge in [0.2, 0.25) is 0 Å². The van der Waals surface area contributed by atoms with Crippen LogP contribution >= 0.6 is 0 Å². The third-order valence-electron chi connectivity index (χ3n) is 2.76. The third kappa shape index (κ3) is 4.35. The van der Waals surface area contributed by atoms with E-state index in [0.29, 0.717) is 12.2 Å². The fourth-order valence-electron chi connectivity index (χ4n) is 2.04. The van der Waals surface area contributed by atoms with Gasteiger partial charge in [-0.1, -0.05) is 12.2 Å². The topological polar surface area (TPSA) is 60.4 Å². The van der Waals surface area contributed by atoms with Gasteiger partial charge in [-0.2, -0.15) is 0 Å². The van der Waals surface area contributed by atoms with Crippen LogP contribution in [-0.4, -0.2) is 33.0 Å². The quantitative estimate of drug-likeness (QED) is 0.554. The van der Waals surface area contributed by atoms with E-state index in [1.807, 2.05) is 0 Å². The molecule has 0 bridgehead atoms. The highest BCUT2D eigenvalue weighted by Gasteiger charge is 2.25. The zero-order valence-electron chi connectivity index (χ0n) is 9.57. The molecule has 0 aliphatic carbocycles. The predicted molar refractivity (Wildman–Crippen MR) is 61.8 cm³/mol. The van der Waals surface area contributed by atoms with Crippen LogP contribution in [-0.2, 0) is 19.4 Å². The zero-order chi connectivity index (χ0) is 12.2. The van der Waals surface area contributed by atoms with Crippen LogP contribution < -0.4 is 0 Å². The molecule has 1 aliphatic heterocycles. The molecule has 1 atom stereocenters. The van der Waals surface area contributed by atoms with Gasteiger partial charge in [0.25, 0.3) is 0 Å². The first-order valence-electron chi connectivity index (χ1n) is 5.37. The molecule has 1 heterocycles. The molecule has 16 heavy (non-hydrogen) atoms. The largest absolute Gasteiger partial charge is 0.469 e. The molecule has 5 heteroatoms. The Hall–Kier alpha value is -0.840. The van der Waals surface area contributed by atoms with Crippen LogP contribution in [0.15, 0.2) is 12.2 Å². The molecule has 0 amide bonds. The minimum Gasteiger partial charge on any atom is -0.469 e. The van der Waals surface area contributed by atoms with Gasteiger partial charge in [-0.15, -0.1) is 0 Å². The normalized spacial score (nSPS) is 23.7. The van der Waals surface area contributed by atoms with Crippen molar-refractivity contribution in [2.75, 3.05) is 18.6 Å². The summed E-state index contributed by atoms with van der Waals surface area (Å²) >= 11 is 0. The van der Waals surface area contributed by atoms with Crippen molar-refractivity contribution in [2.45, 2.75) is 25.7 Å². The van der Waals surface area contributed by atoms with Crippen LogP contribution in [0.2, 0.25) is 0 Å². The molecule has 1 rings (SSSR count). The van der Waals surface area contributed by atoms with Gasteiger partial charge in [-0.3, -0.25) is 4.79 Å². The number of methoxy groups -OCH3 is 1. The van der Waals surface area contributed by atoms with Crippen molar-refractivity contribution in [3.63, 3.8) is 0 Å².